The zero-order valence-electron chi connectivity index (χ0n) is 14.4. The Morgan fingerprint density at radius 2 is 2.00 bits per heavy atom. The lowest BCUT2D eigenvalue weighted by molar-refractivity contribution is -0.0576. The number of aromatic nitrogens is 2. The second-order valence-electron chi connectivity index (χ2n) is 7.67. The molecule has 0 radical (unpaired) electrons. The second kappa shape index (κ2) is 7.52. The van der Waals surface area contributed by atoms with Crippen molar-refractivity contribution < 1.29 is 14.2 Å². The third-order valence-corrected chi connectivity index (χ3v) is 5.60. The molecule has 1 spiro atoms. The van der Waals surface area contributed by atoms with Gasteiger partial charge in [0.15, 0.2) is 0 Å². The second-order valence-corrected chi connectivity index (χ2v) is 7.67. The average molecular weight is 335 g/mol. The van der Waals surface area contributed by atoms with Gasteiger partial charge in [-0.25, -0.2) is 4.98 Å². The predicted molar refractivity (Wildman–Crippen MR) is 89.8 cm³/mol. The van der Waals surface area contributed by atoms with Gasteiger partial charge in [0.05, 0.1) is 26.1 Å². The molecule has 0 aliphatic carbocycles. The molecule has 6 nitrogen and oxygen atoms in total. The van der Waals surface area contributed by atoms with Crippen molar-refractivity contribution in [3.05, 3.63) is 18.7 Å². The van der Waals surface area contributed by atoms with E-state index in [1.54, 1.807) is 0 Å². The predicted octanol–water partition coefficient (Wildman–Crippen LogP) is 1.42. The highest BCUT2D eigenvalue weighted by molar-refractivity contribution is 4.94. The van der Waals surface area contributed by atoms with E-state index in [-0.39, 0.29) is 5.60 Å². The average Bonchev–Trinajstić information content (AvgIpc) is 3.19. The van der Waals surface area contributed by atoms with E-state index >= 15 is 0 Å². The lowest BCUT2D eigenvalue weighted by Gasteiger charge is -2.34. The Balaban J connectivity index is 1.35. The maximum atomic E-state index is 6.32. The van der Waals surface area contributed by atoms with Crippen molar-refractivity contribution in [3.63, 3.8) is 0 Å². The molecule has 3 aliphatic heterocycles. The third kappa shape index (κ3) is 3.99. The molecular weight excluding hydrogens is 306 g/mol. The van der Waals surface area contributed by atoms with Crippen LogP contribution < -0.4 is 0 Å². The Bertz CT molecular complexity index is 504. The van der Waals surface area contributed by atoms with Crippen LogP contribution >= 0.6 is 0 Å². The molecule has 0 N–H and O–H groups in total. The molecule has 3 aliphatic rings. The van der Waals surface area contributed by atoms with E-state index in [4.69, 9.17) is 14.2 Å². The number of rotatable bonds is 4. The Kier molecular flexibility index (Phi) is 5.17. The van der Waals surface area contributed by atoms with Crippen molar-refractivity contribution in [2.45, 2.75) is 31.4 Å². The Hall–Kier alpha value is -0.950. The number of hydrogen-bond acceptors (Lipinski definition) is 5. The Morgan fingerprint density at radius 1 is 1.08 bits per heavy atom. The summed E-state index contributed by atoms with van der Waals surface area (Å²) < 4.78 is 19.9. The van der Waals surface area contributed by atoms with Crippen LogP contribution in [0.2, 0.25) is 0 Å². The van der Waals surface area contributed by atoms with Crippen LogP contribution in [0.4, 0.5) is 0 Å². The first kappa shape index (κ1) is 16.5. The fraction of sp³-hybridized carbons (Fsp3) is 0.833. The maximum Gasteiger partial charge on any atom is 0.104 e. The largest absolute Gasteiger partial charge is 0.381 e. The van der Waals surface area contributed by atoms with Crippen molar-refractivity contribution in [3.8, 4) is 0 Å². The van der Waals surface area contributed by atoms with Crippen LogP contribution in [-0.2, 0) is 20.8 Å². The van der Waals surface area contributed by atoms with E-state index in [2.05, 4.69) is 14.5 Å². The minimum atomic E-state index is -0.118. The standard InChI is InChI=1S/C18H29N3O3/c1-6-22-7-2-16(1)10-20-5-8-23-14-18(13-20)9-17(12-24-18)11-21-4-3-19-15-21/h3-4,15-17H,1-2,5-14H2/t17-,18-/m0/s1. The SMILES string of the molecule is c1cn(C[C@H]2CO[C@@]3(COCCN(CC4CCOCC4)C3)C2)cn1. The smallest absolute Gasteiger partial charge is 0.104 e. The van der Waals surface area contributed by atoms with Gasteiger partial charge in [0.1, 0.15) is 5.60 Å². The number of imidazole rings is 1. The summed E-state index contributed by atoms with van der Waals surface area (Å²) in [5, 5.41) is 0. The summed E-state index contributed by atoms with van der Waals surface area (Å²) in [5.74, 6) is 1.31. The van der Waals surface area contributed by atoms with E-state index < -0.39 is 0 Å². The van der Waals surface area contributed by atoms with Crippen LogP contribution in [0.5, 0.6) is 0 Å². The van der Waals surface area contributed by atoms with Gasteiger partial charge in [0.2, 0.25) is 0 Å². The molecule has 0 aromatic carbocycles. The molecule has 3 fully saturated rings. The van der Waals surface area contributed by atoms with Gasteiger partial charge in [-0.2, -0.15) is 0 Å². The highest BCUT2D eigenvalue weighted by Gasteiger charge is 2.43. The summed E-state index contributed by atoms with van der Waals surface area (Å²) in [6.45, 7) is 8.39. The molecule has 0 saturated carbocycles. The quantitative estimate of drug-likeness (QED) is 0.833. The fourth-order valence-corrected chi connectivity index (χ4v) is 4.39. The molecular formula is C18H29N3O3. The molecule has 1 aromatic rings. The summed E-state index contributed by atoms with van der Waals surface area (Å²) in [6.07, 6.45) is 9.23. The highest BCUT2D eigenvalue weighted by atomic mass is 16.5. The molecule has 0 bridgehead atoms. The van der Waals surface area contributed by atoms with Gasteiger partial charge >= 0.3 is 0 Å². The summed E-state index contributed by atoms with van der Waals surface area (Å²) in [4.78, 5) is 6.71. The van der Waals surface area contributed by atoms with Crippen molar-refractivity contribution in [2.24, 2.45) is 11.8 Å². The van der Waals surface area contributed by atoms with Gasteiger partial charge in [0, 0.05) is 57.7 Å². The van der Waals surface area contributed by atoms with Gasteiger partial charge in [-0.05, 0) is 25.2 Å². The Labute approximate surface area is 144 Å². The highest BCUT2D eigenvalue weighted by Crippen LogP contribution is 2.34. The van der Waals surface area contributed by atoms with Crippen LogP contribution in [-0.4, -0.2) is 72.7 Å². The third-order valence-electron chi connectivity index (χ3n) is 5.60. The zero-order chi connectivity index (χ0) is 16.2. The lowest BCUT2D eigenvalue weighted by Crippen LogP contribution is -2.46. The van der Waals surface area contributed by atoms with Crippen LogP contribution in [0.1, 0.15) is 19.3 Å². The van der Waals surface area contributed by atoms with Crippen molar-refractivity contribution >= 4 is 0 Å². The van der Waals surface area contributed by atoms with Gasteiger partial charge in [-0.15, -0.1) is 0 Å². The first-order chi connectivity index (χ1) is 11.8. The molecule has 0 unspecified atom stereocenters. The molecule has 3 saturated heterocycles. The van der Waals surface area contributed by atoms with Crippen LogP contribution in [0.3, 0.4) is 0 Å². The van der Waals surface area contributed by atoms with Crippen molar-refractivity contribution in [2.75, 3.05) is 52.7 Å². The molecule has 0 amide bonds. The van der Waals surface area contributed by atoms with E-state index in [0.29, 0.717) is 5.92 Å². The van der Waals surface area contributed by atoms with Gasteiger partial charge in [-0.3, -0.25) is 4.90 Å². The fourth-order valence-electron chi connectivity index (χ4n) is 4.39. The first-order valence-corrected chi connectivity index (χ1v) is 9.29. The molecule has 1 aromatic heterocycles. The first-order valence-electron chi connectivity index (χ1n) is 9.29. The number of hydrogen-bond donors (Lipinski definition) is 0. The van der Waals surface area contributed by atoms with Gasteiger partial charge in [-0.1, -0.05) is 0 Å². The van der Waals surface area contributed by atoms with Gasteiger partial charge in [0.25, 0.3) is 0 Å². The molecule has 4 rings (SSSR count). The molecule has 6 heteroatoms. The lowest BCUT2D eigenvalue weighted by atomic mass is 9.93. The molecule has 4 heterocycles. The molecule has 24 heavy (non-hydrogen) atoms. The topological polar surface area (TPSA) is 48.8 Å². The summed E-state index contributed by atoms with van der Waals surface area (Å²) in [7, 11) is 0. The van der Waals surface area contributed by atoms with Crippen LogP contribution in [0, 0.1) is 11.8 Å². The van der Waals surface area contributed by atoms with E-state index in [1.807, 2.05) is 18.7 Å². The minimum absolute atomic E-state index is 0.118. The number of nitrogens with zero attached hydrogens (tertiary/aromatic N) is 3. The monoisotopic (exact) mass is 335 g/mol. The normalized spacial score (nSPS) is 33.1. The van der Waals surface area contributed by atoms with Crippen LogP contribution in [0.25, 0.3) is 0 Å². The molecule has 134 valence electrons. The number of ether oxygens (including phenoxy) is 3. The van der Waals surface area contributed by atoms with Crippen molar-refractivity contribution in [1.29, 1.82) is 0 Å². The molecule has 2 atom stereocenters. The van der Waals surface area contributed by atoms with Gasteiger partial charge < -0.3 is 18.8 Å². The Morgan fingerprint density at radius 3 is 2.83 bits per heavy atom. The van der Waals surface area contributed by atoms with Crippen molar-refractivity contribution in [1.82, 2.24) is 14.5 Å². The zero-order valence-corrected chi connectivity index (χ0v) is 14.4. The minimum Gasteiger partial charge on any atom is -0.381 e. The van der Waals surface area contributed by atoms with E-state index in [0.717, 1.165) is 71.6 Å². The summed E-state index contributed by atoms with van der Waals surface area (Å²) in [6, 6.07) is 0. The van der Waals surface area contributed by atoms with E-state index in [9.17, 15) is 0 Å². The maximum absolute atomic E-state index is 6.32. The van der Waals surface area contributed by atoms with Crippen LogP contribution in [0.15, 0.2) is 18.7 Å². The van der Waals surface area contributed by atoms with E-state index in [1.165, 1.54) is 12.8 Å². The summed E-state index contributed by atoms with van der Waals surface area (Å²) >= 11 is 0. The summed E-state index contributed by atoms with van der Waals surface area (Å²) in [5.41, 5.74) is -0.118.